The number of hydrogen-bond donors (Lipinski definition) is 2. The summed E-state index contributed by atoms with van der Waals surface area (Å²) in [4.78, 5) is 7.01. The second-order valence-corrected chi connectivity index (χ2v) is 9.56. The van der Waals surface area contributed by atoms with Gasteiger partial charge in [-0.05, 0) is 106 Å². The molecular weight excluding hydrogens is 492 g/mol. The highest BCUT2D eigenvalue weighted by Gasteiger charge is 2.12. The molecule has 0 spiro atoms. The Bertz CT molecular complexity index is 1150. The number of nitrogens with one attached hydrogen (secondary N) is 2. The van der Waals surface area contributed by atoms with E-state index in [1.54, 1.807) is 18.8 Å². The van der Waals surface area contributed by atoms with Gasteiger partial charge in [0.1, 0.15) is 17.2 Å². The molecule has 0 aliphatic rings. The molecule has 0 bridgehead atoms. The Balaban J connectivity index is 0.000000332. The minimum atomic E-state index is 0.783. The molecule has 2 aromatic carbocycles. The zero-order valence-electron chi connectivity index (χ0n) is 24.3. The van der Waals surface area contributed by atoms with E-state index in [9.17, 15) is 0 Å². The Morgan fingerprint density at radius 3 is 2.29 bits per heavy atom. The number of benzene rings is 2. The summed E-state index contributed by atoms with van der Waals surface area (Å²) in [5.74, 6) is 2.50. The molecule has 0 aliphatic heterocycles. The quantitative estimate of drug-likeness (QED) is 0.165. The fourth-order valence-electron chi connectivity index (χ4n) is 4.47. The molecule has 1 aromatic heterocycles. The Morgan fingerprint density at radius 1 is 0.947 bits per heavy atom. The van der Waals surface area contributed by atoms with Gasteiger partial charge < -0.3 is 25.0 Å². The highest BCUT2D eigenvalue weighted by atomic mass is 32.1. The Labute approximate surface area is 235 Å². The molecule has 0 radical (unpaired) electrons. The molecule has 0 saturated carbocycles. The maximum atomic E-state index is 6.25. The van der Waals surface area contributed by atoms with Crippen LogP contribution in [0.3, 0.4) is 0 Å². The van der Waals surface area contributed by atoms with Crippen LogP contribution in [0.15, 0.2) is 36.5 Å². The summed E-state index contributed by atoms with van der Waals surface area (Å²) in [6, 6.07) is 10.0. The number of nitrogens with zero attached hydrogens (tertiary/aromatic N) is 2. The summed E-state index contributed by atoms with van der Waals surface area (Å²) < 4.78 is 11.8. The van der Waals surface area contributed by atoms with Gasteiger partial charge in [0, 0.05) is 30.9 Å². The van der Waals surface area contributed by atoms with Gasteiger partial charge in [0.05, 0.1) is 18.1 Å². The number of aromatic nitrogens is 1. The lowest BCUT2D eigenvalue weighted by molar-refractivity contribution is 0.272. The highest BCUT2D eigenvalue weighted by molar-refractivity contribution is 7.78. The third-order valence-corrected chi connectivity index (χ3v) is 6.84. The molecule has 3 aromatic rings. The summed E-state index contributed by atoms with van der Waals surface area (Å²) in [5, 5.41) is 7.20. The van der Waals surface area contributed by atoms with E-state index in [1.165, 1.54) is 44.5 Å². The number of anilines is 1. The highest BCUT2D eigenvalue weighted by Crippen LogP contribution is 2.36. The number of aryl methyl sites for hydroxylation is 1. The van der Waals surface area contributed by atoms with E-state index in [4.69, 9.17) is 9.47 Å². The van der Waals surface area contributed by atoms with Gasteiger partial charge in [0.2, 0.25) is 0 Å². The molecular formula is C31H46N4O2S. The summed E-state index contributed by atoms with van der Waals surface area (Å²) in [6.07, 6.45) is 6.37. The molecule has 3 rings (SSSR count). The van der Waals surface area contributed by atoms with Crippen molar-refractivity contribution in [2.75, 3.05) is 45.7 Å². The van der Waals surface area contributed by atoms with Crippen LogP contribution in [-0.4, -0.2) is 55.7 Å². The fraction of sp³-hybridized carbons (Fsp3) is 0.484. The number of thiocarbonyl (C=S) groups is 1. The molecule has 208 valence electrons. The third kappa shape index (κ3) is 8.84. The van der Waals surface area contributed by atoms with Gasteiger partial charge in [-0.1, -0.05) is 33.0 Å². The molecule has 6 nitrogen and oxygen atoms in total. The van der Waals surface area contributed by atoms with Crippen LogP contribution in [-0.2, 0) is 6.42 Å². The maximum Gasteiger partial charge on any atom is 0.138 e. The van der Waals surface area contributed by atoms with Crippen molar-refractivity contribution >= 4 is 34.3 Å². The van der Waals surface area contributed by atoms with Gasteiger partial charge in [0.25, 0.3) is 0 Å². The lowest BCUT2D eigenvalue weighted by Crippen LogP contribution is -2.28. The predicted octanol–water partition coefficient (Wildman–Crippen LogP) is 7.30. The van der Waals surface area contributed by atoms with Gasteiger partial charge in [-0.15, -0.1) is 0 Å². The first kappa shape index (κ1) is 31.3. The van der Waals surface area contributed by atoms with Crippen molar-refractivity contribution in [3.05, 3.63) is 53.2 Å². The Kier molecular flexibility index (Phi) is 13.9. The van der Waals surface area contributed by atoms with E-state index in [2.05, 4.69) is 73.4 Å². The third-order valence-electron chi connectivity index (χ3n) is 6.67. The number of methoxy groups -OCH3 is 1. The average Bonchev–Trinajstić information content (AvgIpc) is 2.93. The van der Waals surface area contributed by atoms with Crippen LogP contribution in [0, 0.1) is 13.8 Å². The van der Waals surface area contributed by atoms with Gasteiger partial charge in [-0.3, -0.25) is 4.98 Å². The first-order valence-corrected chi connectivity index (χ1v) is 14.2. The average molecular weight is 539 g/mol. The molecule has 0 saturated heterocycles. The molecule has 38 heavy (non-hydrogen) atoms. The van der Waals surface area contributed by atoms with Crippen LogP contribution in [0.4, 0.5) is 5.69 Å². The van der Waals surface area contributed by atoms with Crippen LogP contribution in [0.5, 0.6) is 17.2 Å². The van der Waals surface area contributed by atoms with Crippen LogP contribution in [0.1, 0.15) is 56.7 Å². The predicted molar refractivity (Wildman–Crippen MR) is 167 cm³/mol. The second-order valence-electron chi connectivity index (χ2n) is 9.32. The molecule has 0 aliphatic carbocycles. The van der Waals surface area contributed by atoms with E-state index in [0.717, 1.165) is 57.9 Å². The van der Waals surface area contributed by atoms with E-state index >= 15 is 0 Å². The topological polar surface area (TPSA) is 58.7 Å². The standard InChI is InChI=1S/C21H24N2O2.C10H22N2S/c1-6-15-11-18-16(12-21(15)24-5)20(9-10-23-18)25-19-8-7-17(22-4)13(2)14(19)3;1-3-7-12(8-4-2)9-5-6-11-10-13/h7-12,22H,6H2,1-5H3;10H,3-9H2,1-2H3,(H,11,13). The van der Waals surface area contributed by atoms with E-state index < -0.39 is 0 Å². The van der Waals surface area contributed by atoms with Crippen molar-refractivity contribution in [1.82, 2.24) is 15.2 Å². The molecule has 0 unspecified atom stereocenters. The van der Waals surface area contributed by atoms with E-state index in [-0.39, 0.29) is 0 Å². The number of rotatable bonds is 14. The molecule has 1 heterocycles. The van der Waals surface area contributed by atoms with E-state index in [0.29, 0.717) is 0 Å². The lowest BCUT2D eigenvalue weighted by Gasteiger charge is -2.20. The SMILES string of the molecule is CCCN(CCC)CCCNC=S.CCc1cc2nccc(Oc3ccc(NC)c(C)c3C)c2cc1OC. The summed E-state index contributed by atoms with van der Waals surface area (Å²) in [7, 11) is 3.62. The number of hydrogen-bond acceptors (Lipinski definition) is 6. The largest absolute Gasteiger partial charge is 0.496 e. The first-order valence-electron chi connectivity index (χ1n) is 13.7. The maximum absolute atomic E-state index is 6.25. The molecule has 0 atom stereocenters. The molecule has 2 N–H and O–H groups in total. The van der Waals surface area contributed by atoms with Crippen LogP contribution in [0.25, 0.3) is 10.9 Å². The normalized spacial score (nSPS) is 10.6. The van der Waals surface area contributed by atoms with Crippen molar-refractivity contribution in [1.29, 1.82) is 0 Å². The van der Waals surface area contributed by atoms with Gasteiger partial charge >= 0.3 is 0 Å². The second kappa shape index (κ2) is 16.8. The zero-order chi connectivity index (χ0) is 27.9. The Hall–Kier alpha value is -2.90. The van der Waals surface area contributed by atoms with Crippen molar-refractivity contribution in [2.45, 2.75) is 60.3 Å². The molecule has 0 amide bonds. The van der Waals surface area contributed by atoms with Gasteiger partial charge in [-0.25, -0.2) is 0 Å². The zero-order valence-corrected chi connectivity index (χ0v) is 25.1. The van der Waals surface area contributed by atoms with Crippen molar-refractivity contribution in [3.63, 3.8) is 0 Å². The molecule has 0 fully saturated rings. The van der Waals surface area contributed by atoms with Gasteiger partial charge in [0.15, 0.2) is 0 Å². The van der Waals surface area contributed by atoms with Crippen molar-refractivity contribution in [3.8, 4) is 17.2 Å². The van der Waals surface area contributed by atoms with Crippen LogP contribution < -0.4 is 20.1 Å². The Morgan fingerprint density at radius 2 is 1.68 bits per heavy atom. The van der Waals surface area contributed by atoms with E-state index in [1.807, 2.05) is 31.3 Å². The minimum absolute atomic E-state index is 0.783. The minimum Gasteiger partial charge on any atom is -0.496 e. The van der Waals surface area contributed by atoms with Crippen LogP contribution >= 0.6 is 12.2 Å². The van der Waals surface area contributed by atoms with Crippen molar-refractivity contribution < 1.29 is 9.47 Å². The number of pyridine rings is 1. The molecule has 7 heteroatoms. The summed E-state index contributed by atoms with van der Waals surface area (Å²) >= 11 is 4.68. The number of ether oxygens (including phenoxy) is 2. The first-order chi connectivity index (χ1) is 18.4. The number of fused-ring (bicyclic) bond motifs is 1. The lowest BCUT2D eigenvalue weighted by atomic mass is 10.1. The fourth-order valence-corrected chi connectivity index (χ4v) is 4.59. The monoisotopic (exact) mass is 538 g/mol. The summed E-state index contributed by atoms with van der Waals surface area (Å²) in [6.45, 7) is 15.4. The van der Waals surface area contributed by atoms with Crippen LogP contribution in [0.2, 0.25) is 0 Å². The van der Waals surface area contributed by atoms with Gasteiger partial charge in [-0.2, -0.15) is 0 Å². The summed E-state index contributed by atoms with van der Waals surface area (Å²) in [5.41, 5.74) is 7.07. The van der Waals surface area contributed by atoms with Crippen molar-refractivity contribution in [2.24, 2.45) is 0 Å². The smallest absolute Gasteiger partial charge is 0.138 e.